The Hall–Kier alpha value is -1.62. The maximum absolute atomic E-state index is 4.69. The van der Waals surface area contributed by atoms with Crippen molar-refractivity contribution in [3.8, 4) is 0 Å². The molecule has 114 valence electrons. The third-order valence-electron chi connectivity index (χ3n) is 3.15. The van der Waals surface area contributed by atoms with Crippen molar-refractivity contribution in [3.63, 3.8) is 0 Å². The first-order valence-electron chi connectivity index (χ1n) is 7.58. The summed E-state index contributed by atoms with van der Waals surface area (Å²) in [5.74, 6) is 2.84. The van der Waals surface area contributed by atoms with E-state index in [-0.39, 0.29) is 0 Å². The monoisotopic (exact) mass is 304 g/mol. The summed E-state index contributed by atoms with van der Waals surface area (Å²) in [6.45, 7) is 6.14. The molecule has 0 fully saturated rings. The number of rotatable bonds is 8. The van der Waals surface area contributed by atoms with Gasteiger partial charge in [-0.25, -0.2) is 9.97 Å². The average Bonchev–Trinajstić information content (AvgIpc) is 2.98. The Balaban J connectivity index is 2.17. The number of aryl methyl sites for hydroxylation is 1. The van der Waals surface area contributed by atoms with Gasteiger partial charge in [0.15, 0.2) is 0 Å². The topological polar surface area (TPSA) is 41.0 Å². The summed E-state index contributed by atoms with van der Waals surface area (Å²) >= 11 is 1.78. The molecule has 0 amide bonds. The van der Waals surface area contributed by atoms with Crippen molar-refractivity contribution in [3.05, 3.63) is 34.3 Å². The lowest BCUT2D eigenvalue weighted by atomic mass is 10.3. The van der Waals surface area contributed by atoms with E-state index in [0.717, 1.165) is 49.8 Å². The van der Waals surface area contributed by atoms with Gasteiger partial charge in [-0.2, -0.15) is 0 Å². The lowest BCUT2D eigenvalue weighted by Crippen LogP contribution is -2.19. The van der Waals surface area contributed by atoms with Gasteiger partial charge in [-0.15, -0.1) is 11.3 Å². The molecule has 0 saturated carbocycles. The number of nitrogens with zero attached hydrogens (tertiary/aromatic N) is 3. The number of aromatic nitrogens is 2. The first-order valence-corrected chi connectivity index (χ1v) is 8.46. The van der Waals surface area contributed by atoms with Crippen molar-refractivity contribution in [2.45, 2.75) is 39.7 Å². The van der Waals surface area contributed by atoms with Gasteiger partial charge in [0.2, 0.25) is 0 Å². The maximum Gasteiger partial charge on any atom is 0.134 e. The van der Waals surface area contributed by atoms with Gasteiger partial charge in [0.05, 0.1) is 6.54 Å². The number of anilines is 2. The second-order valence-corrected chi connectivity index (χ2v) is 6.17. The van der Waals surface area contributed by atoms with Gasteiger partial charge in [0, 0.05) is 31.0 Å². The first kappa shape index (κ1) is 15.8. The summed E-state index contributed by atoms with van der Waals surface area (Å²) in [4.78, 5) is 12.8. The Morgan fingerprint density at radius 1 is 1.24 bits per heavy atom. The number of hydrogen-bond acceptors (Lipinski definition) is 5. The van der Waals surface area contributed by atoms with Gasteiger partial charge in [-0.1, -0.05) is 19.9 Å². The van der Waals surface area contributed by atoms with Gasteiger partial charge in [0.25, 0.3) is 0 Å². The van der Waals surface area contributed by atoms with E-state index in [9.17, 15) is 0 Å². The summed E-state index contributed by atoms with van der Waals surface area (Å²) in [5.41, 5.74) is 0. The normalized spacial score (nSPS) is 10.6. The molecule has 1 N–H and O–H groups in total. The summed E-state index contributed by atoms with van der Waals surface area (Å²) in [6.07, 6.45) is 3.07. The second-order valence-electron chi connectivity index (χ2n) is 5.14. The molecule has 0 radical (unpaired) electrons. The Morgan fingerprint density at radius 2 is 2.10 bits per heavy atom. The van der Waals surface area contributed by atoms with Crippen LogP contribution in [0.4, 0.5) is 11.6 Å². The van der Waals surface area contributed by atoms with E-state index >= 15 is 0 Å². The molecule has 2 rings (SSSR count). The Bertz CT molecular complexity index is 539. The zero-order valence-corrected chi connectivity index (χ0v) is 13.9. The molecule has 0 atom stereocenters. The molecule has 0 aromatic carbocycles. The Kier molecular flexibility index (Phi) is 5.99. The van der Waals surface area contributed by atoms with Crippen molar-refractivity contribution >= 4 is 23.0 Å². The number of thiophene rings is 1. The van der Waals surface area contributed by atoms with E-state index < -0.39 is 0 Å². The lowest BCUT2D eigenvalue weighted by Gasteiger charge is -2.19. The summed E-state index contributed by atoms with van der Waals surface area (Å²) < 4.78 is 0. The zero-order chi connectivity index (χ0) is 15.1. The van der Waals surface area contributed by atoms with Crippen molar-refractivity contribution in [2.24, 2.45) is 0 Å². The average molecular weight is 304 g/mol. The molecule has 0 bridgehead atoms. The van der Waals surface area contributed by atoms with Crippen LogP contribution < -0.4 is 10.2 Å². The molecule has 2 aromatic heterocycles. The van der Waals surface area contributed by atoms with Crippen LogP contribution in [0.5, 0.6) is 0 Å². The molecule has 0 aliphatic carbocycles. The van der Waals surface area contributed by atoms with E-state index in [1.165, 1.54) is 4.88 Å². The largest absolute Gasteiger partial charge is 0.370 e. The van der Waals surface area contributed by atoms with E-state index in [0.29, 0.717) is 0 Å². The smallest absolute Gasteiger partial charge is 0.134 e. The Labute approximate surface area is 131 Å². The quantitative estimate of drug-likeness (QED) is 0.802. The molecule has 0 aliphatic rings. The molecule has 0 unspecified atom stereocenters. The Morgan fingerprint density at radius 3 is 2.76 bits per heavy atom. The molecule has 2 aromatic rings. The van der Waals surface area contributed by atoms with Crippen LogP contribution in [0.3, 0.4) is 0 Å². The molecule has 4 nitrogen and oxygen atoms in total. The summed E-state index contributed by atoms with van der Waals surface area (Å²) in [5, 5.41) is 5.48. The van der Waals surface area contributed by atoms with Gasteiger partial charge in [-0.05, 0) is 24.3 Å². The van der Waals surface area contributed by atoms with Crippen LogP contribution in [0.25, 0.3) is 0 Å². The van der Waals surface area contributed by atoms with E-state index in [1.54, 1.807) is 11.3 Å². The van der Waals surface area contributed by atoms with Crippen molar-refractivity contribution in [1.82, 2.24) is 9.97 Å². The minimum Gasteiger partial charge on any atom is -0.370 e. The van der Waals surface area contributed by atoms with Crippen molar-refractivity contribution < 1.29 is 0 Å². The van der Waals surface area contributed by atoms with Gasteiger partial charge < -0.3 is 10.2 Å². The number of hydrogen-bond donors (Lipinski definition) is 1. The molecule has 5 heteroatoms. The highest BCUT2D eigenvalue weighted by molar-refractivity contribution is 7.09. The fourth-order valence-corrected chi connectivity index (χ4v) is 2.83. The minimum absolute atomic E-state index is 0.882. The fourth-order valence-electron chi connectivity index (χ4n) is 2.07. The standard InChI is InChI=1S/C16H24N4S/c1-4-7-14-18-15(17-9-5-2)11-16(19-14)20(3)12-13-8-6-10-21-13/h6,8,10-11H,4-5,7,9,12H2,1-3H3,(H,17,18,19). The van der Waals surface area contributed by atoms with Gasteiger partial charge >= 0.3 is 0 Å². The highest BCUT2D eigenvalue weighted by Crippen LogP contribution is 2.19. The highest BCUT2D eigenvalue weighted by Gasteiger charge is 2.09. The first-order chi connectivity index (χ1) is 10.2. The third kappa shape index (κ3) is 4.70. The predicted octanol–water partition coefficient (Wildman–Crippen LogP) is 3.95. The van der Waals surface area contributed by atoms with Crippen LogP contribution in [0.1, 0.15) is 37.4 Å². The zero-order valence-electron chi connectivity index (χ0n) is 13.1. The summed E-state index contributed by atoms with van der Waals surface area (Å²) in [7, 11) is 2.08. The molecule has 2 heterocycles. The van der Waals surface area contributed by atoms with Crippen LogP contribution in [0.2, 0.25) is 0 Å². The van der Waals surface area contributed by atoms with E-state index in [4.69, 9.17) is 4.98 Å². The number of nitrogens with one attached hydrogen (secondary N) is 1. The van der Waals surface area contributed by atoms with Crippen LogP contribution in [-0.4, -0.2) is 23.6 Å². The lowest BCUT2D eigenvalue weighted by molar-refractivity contribution is 0.812. The van der Waals surface area contributed by atoms with Gasteiger partial charge in [0.1, 0.15) is 17.5 Å². The molecule has 0 saturated heterocycles. The fraction of sp³-hybridized carbons (Fsp3) is 0.500. The molecule has 21 heavy (non-hydrogen) atoms. The predicted molar refractivity (Wildman–Crippen MR) is 91.2 cm³/mol. The van der Waals surface area contributed by atoms with Gasteiger partial charge in [-0.3, -0.25) is 0 Å². The van der Waals surface area contributed by atoms with Crippen LogP contribution in [0.15, 0.2) is 23.6 Å². The molecular formula is C16H24N4S. The second kappa shape index (κ2) is 7.98. The van der Waals surface area contributed by atoms with Crippen molar-refractivity contribution in [2.75, 3.05) is 23.8 Å². The third-order valence-corrected chi connectivity index (χ3v) is 4.01. The minimum atomic E-state index is 0.882. The van der Waals surface area contributed by atoms with E-state index in [2.05, 4.69) is 53.6 Å². The molecular weight excluding hydrogens is 280 g/mol. The van der Waals surface area contributed by atoms with E-state index in [1.807, 2.05) is 6.07 Å². The van der Waals surface area contributed by atoms with Crippen LogP contribution in [0, 0.1) is 0 Å². The summed E-state index contributed by atoms with van der Waals surface area (Å²) in [6, 6.07) is 6.29. The molecule has 0 spiro atoms. The highest BCUT2D eigenvalue weighted by atomic mass is 32.1. The van der Waals surface area contributed by atoms with Crippen LogP contribution in [-0.2, 0) is 13.0 Å². The maximum atomic E-state index is 4.69. The molecule has 0 aliphatic heterocycles. The van der Waals surface area contributed by atoms with Crippen LogP contribution >= 0.6 is 11.3 Å². The SMILES string of the molecule is CCCNc1cc(N(C)Cc2cccs2)nc(CCC)n1. The van der Waals surface area contributed by atoms with Crippen molar-refractivity contribution in [1.29, 1.82) is 0 Å².